The molecule has 110 valence electrons. The minimum absolute atomic E-state index is 0.150. The Hall–Kier alpha value is -3.22. The molecule has 0 radical (unpaired) electrons. The molecule has 3 aromatic rings. The van der Waals surface area contributed by atoms with Crippen LogP contribution in [0, 0.1) is 5.82 Å². The first-order chi connectivity index (χ1) is 10.7. The largest absolute Gasteiger partial charge is 0.277 e. The van der Waals surface area contributed by atoms with E-state index in [9.17, 15) is 14.0 Å². The summed E-state index contributed by atoms with van der Waals surface area (Å²) in [5, 5.41) is 7.34. The Morgan fingerprint density at radius 3 is 2.41 bits per heavy atom. The highest BCUT2D eigenvalue weighted by Crippen LogP contribution is 2.15. The molecule has 0 spiro atoms. The molecule has 0 aliphatic rings. The van der Waals surface area contributed by atoms with Gasteiger partial charge < -0.3 is 0 Å². The Bertz CT molecular complexity index is 859. The van der Waals surface area contributed by atoms with Crippen LogP contribution in [0.15, 0.2) is 48.7 Å². The highest BCUT2D eigenvalue weighted by molar-refractivity contribution is 6.06. The summed E-state index contributed by atoms with van der Waals surface area (Å²) in [4.78, 5) is 23.9. The van der Waals surface area contributed by atoms with Crippen LogP contribution in [-0.4, -0.2) is 22.0 Å². The molecule has 1 heterocycles. The lowest BCUT2D eigenvalue weighted by atomic mass is 10.1. The molecule has 7 heteroatoms. The van der Waals surface area contributed by atoms with E-state index in [2.05, 4.69) is 21.0 Å². The van der Waals surface area contributed by atoms with E-state index in [1.165, 1.54) is 24.3 Å². The van der Waals surface area contributed by atoms with Crippen LogP contribution in [0.25, 0.3) is 10.9 Å². The first-order valence-electron chi connectivity index (χ1n) is 6.44. The number of rotatable bonds is 2. The number of halogens is 1. The maximum absolute atomic E-state index is 13.5. The standard InChI is InChI=1S/C15H11FN4O2/c16-12-7-2-1-5-10(12)14(21)19-20-15(22)11-6-3-4-9-8-17-18-13(9)11/h1-8H,(H,17,18)(H,19,21)(H,20,22). The van der Waals surface area contributed by atoms with Crippen molar-refractivity contribution in [1.82, 2.24) is 21.0 Å². The second-order valence-electron chi connectivity index (χ2n) is 4.53. The Morgan fingerprint density at radius 2 is 1.64 bits per heavy atom. The van der Waals surface area contributed by atoms with Crippen molar-refractivity contribution < 1.29 is 14.0 Å². The molecular formula is C15H11FN4O2. The minimum Gasteiger partial charge on any atom is -0.277 e. The monoisotopic (exact) mass is 298 g/mol. The minimum atomic E-state index is -0.733. The van der Waals surface area contributed by atoms with Crippen molar-refractivity contribution in [3.05, 3.63) is 65.6 Å². The van der Waals surface area contributed by atoms with Gasteiger partial charge in [-0.05, 0) is 18.2 Å². The normalized spacial score (nSPS) is 10.4. The van der Waals surface area contributed by atoms with Gasteiger partial charge >= 0.3 is 0 Å². The molecule has 3 N–H and O–H groups in total. The lowest BCUT2D eigenvalue weighted by molar-refractivity contribution is 0.0845. The predicted octanol–water partition coefficient (Wildman–Crippen LogP) is 1.78. The first kappa shape index (κ1) is 13.7. The van der Waals surface area contributed by atoms with E-state index in [0.29, 0.717) is 11.1 Å². The average Bonchev–Trinajstić information content (AvgIpc) is 3.01. The maximum atomic E-state index is 13.5. The van der Waals surface area contributed by atoms with Gasteiger partial charge in [0, 0.05) is 5.39 Å². The summed E-state index contributed by atoms with van der Waals surface area (Å²) in [5.41, 5.74) is 5.16. The number of nitrogens with zero attached hydrogens (tertiary/aromatic N) is 1. The van der Waals surface area contributed by atoms with Crippen LogP contribution in [-0.2, 0) is 0 Å². The molecule has 2 amide bonds. The van der Waals surface area contributed by atoms with Gasteiger partial charge in [-0.15, -0.1) is 0 Å². The zero-order valence-electron chi connectivity index (χ0n) is 11.3. The molecule has 0 atom stereocenters. The number of hydrogen-bond acceptors (Lipinski definition) is 3. The molecule has 0 aliphatic heterocycles. The lowest BCUT2D eigenvalue weighted by Crippen LogP contribution is -2.42. The third-order valence-corrected chi connectivity index (χ3v) is 3.13. The third kappa shape index (κ3) is 2.51. The number of fused-ring (bicyclic) bond motifs is 1. The molecule has 0 aliphatic carbocycles. The van der Waals surface area contributed by atoms with Crippen molar-refractivity contribution in [3.8, 4) is 0 Å². The van der Waals surface area contributed by atoms with Gasteiger partial charge in [-0.1, -0.05) is 24.3 Å². The van der Waals surface area contributed by atoms with E-state index in [4.69, 9.17) is 0 Å². The average molecular weight is 298 g/mol. The van der Waals surface area contributed by atoms with E-state index >= 15 is 0 Å². The van der Waals surface area contributed by atoms with Gasteiger partial charge in [-0.3, -0.25) is 25.5 Å². The number of amides is 2. The SMILES string of the molecule is O=C(NNC(=O)c1cccc2cn[nH]c12)c1ccccc1F. The molecule has 0 fully saturated rings. The second-order valence-corrected chi connectivity index (χ2v) is 4.53. The van der Waals surface area contributed by atoms with Gasteiger partial charge in [0.15, 0.2) is 0 Å². The molecule has 0 bridgehead atoms. The summed E-state index contributed by atoms with van der Waals surface area (Å²) in [6.45, 7) is 0. The Balaban J connectivity index is 1.74. The molecule has 6 nitrogen and oxygen atoms in total. The summed E-state index contributed by atoms with van der Waals surface area (Å²) < 4.78 is 13.5. The van der Waals surface area contributed by atoms with Crippen LogP contribution in [0.2, 0.25) is 0 Å². The number of hydrazine groups is 1. The Labute approximate surface area is 124 Å². The molecule has 0 unspecified atom stereocenters. The van der Waals surface area contributed by atoms with Crippen molar-refractivity contribution in [2.24, 2.45) is 0 Å². The number of H-pyrrole nitrogens is 1. The van der Waals surface area contributed by atoms with Gasteiger partial charge in [0.2, 0.25) is 0 Å². The zero-order valence-corrected chi connectivity index (χ0v) is 11.3. The van der Waals surface area contributed by atoms with E-state index < -0.39 is 17.6 Å². The molecular weight excluding hydrogens is 287 g/mol. The number of para-hydroxylation sites is 1. The Morgan fingerprint density at radius 1 is 0.955 bits per heavy atom. The first-order valence-corrected chi connectivity index (χ1v) is 6.44. The number of carbonyl (C=O) groups excluding carboxylic acids is 2. The smallest absolute Gasteiger partial charge is 0.272 e. The van der Waals surface area contributed by atoms with Gasteiger partial charge in [0.25, 0.3) is 11.8 Å². The van der Waals surface area contributed by atoms with E-state index in [-0.39, 0.29) is 5.56 Å². The van der Waals surface area contributed by atoms with E-state index in [1.807, 2.05) is 0 Å². The van der Waals surface area contributed by atoms with Crippen LogP contribution in [0.3, 0.4) is 0 Å². The maximum Gasteiger partial charge on any atom is 0.272 e. The van der Waals surface area contributed by atoms with Crippen molar-refractivity contribution >= 4 is 22.7 Å². The summed E-state index contributed by atoms with van der Waals surface area (Å²) in [6.07, 6.45) is 1.59. The Kier molecular flexibility index (Phi) is 3.53. The molecule has 3 rings (SSSR count). The van der Waals surface area contributed by atoms with Crippen molar-refractivity contribution in [2.75, 3.05) is 0 Å². The summed E-state index contributed by atoms with van der Waals surface area (Å²) in [6, 6.07) is 10.6. The van der Waals surface area contributed by atoms with Crippen LogP contribution < -0.4 is 10.9 Å². The topological polar surface area (TPSA) is 86.9 Å². The van der Waals surface area contributed by atoms with Gasteiger partial charge in [0.05, 0.1) is 22.8 Å². The fourth-order valence-electron chi connectivity index (χ4n) is 2.05. The number of carbonyl (C=O) groups is 2. The summed E-state index contributed by atoms with van der Waals surface area (Å²) >= 11 is 0. The molecule has 0 saturated carbocycles. The quantitative estimate of drug-likeness (QED) is 0.630. The molecule has 0 saturated heterocycles. The third-order valence-electron chi connectivity index (χ3n) is 3.13. The number of aromatic amines is 1. The van der Waals surface area contributed by atoms with Crippen LogP contribution in [0.4, 0.5) is 4.39 Å². The predicted molar refractivity (Wildman–Crippen MR) is 77.4 cm³/mol. The van der Waals surface area contributed by atoms with Crippen molar-refractivity contribution in [2.45, 2.75) is 0 Å². The van der Waals surface area contributed by atoms with Gasteiger partial charge in [0.1, 0.15) is 5.82 Å². The van der Waals surface area contributed by atoms with Crippen LogP contribution >= 0.6 is 0 Å². The summed E-state index contributed by atoms with van der Waals surface area (Å²) in [7, 11) is 0. The van der Waals surface area contributed by atoms with E-state index in [0.717, 1.165) is 5.39 Å². The van der Waals surface area contributed by atoms with Crippen LogP contribution in [0.5, 0.6) is 0 Å². The number of nitrogens with one attached hydrogen (secondary N) is 3. The van der Waals surface area contributed by atoms with Crippen molar-refractivity contribution in [1.29, 1.82) is 0 Å². The molecule has 2 aromatic carbocycles. The van der Waals surface area contributed by atoms with Crippen LogP contribution in [0.1, 0.15) is 20.7 Å². The highest BCUT2D eigenvalue weighted by atomic mass is 19.1. The van der Waals surface area contributed by atoms with Gasteiger partial charge in [-0.25, -0.2) is 4.39 Å². The number of hydrogen-bond donors (Lipinski definition) is 3. The van der Waals surface area contributed by atoms with Gasteiger partial charge in [-0.2, -0.15) is 5.10 Å². The fraction of sp³-hybridized carbons (Fsp3) is 0. The zero-order chi connectivity index (χ0) is 15.5. The summed E-state index contributed by atoms with van der Waals surface area (Å²) in [5.74, 6) is -1.92. The molecule has 1 aromatic heterocycles. The second kappa shape index (κ2) is 5.65. The number of aromatic nitrogens is 2. The fourth-order valence-corrected chi connectivity index (χ4v) is 2.05. The molecule has 22 heavy (non-hydrogen) atoms. The number of benzene rings is 2. The highest BCUT2D eigenvalue weighted by Gasteiger charge is 2.14. The van der Waals surface area contributed by atoms with E-state index in [1.54, 1.807) is 24.4 Å². The van der Waals surface area contributed by atoms with Crippen molar-refractivity contribution in [3.63, 3.8) is 0 Å². The lowest BCUT2D eigenvalue weighted by Gasteiger charge is -2.08.